The van der Waals surface area contributed by atoms with Crippen molar-refractivity contribution in [3.8, 4) is 11.5 Å². The zero-order chi connectivity index (χ0) is 24.2. The quantitative estimate of drug-likeness (QED) is 0.141. The number of allylic oxidation sites excluding steroid dienone is 3. The Kier molecular flexibility index (Phi) is 6.10. The van der Waals surface area contributed by atoms with Gasteiger partial charge in [0.15, 0.2) is 11.6 Å². The van der Waals surface area contributed by atoms with E-state index in [1.54, 1.807) is 73.8 Å². The number of Topliss-reactive ketones (excluding diaryl/α,β-unsaturated/α-hetero) is 2. The van der Waals surface area contributed by atoms with Crippen molar-refractivity contribution < 1.29 is 19.1 Å². The number of ketones is 2. The van der Waals surface area contributed by atoms with E-state index in [0.717, 1.165) is 5.56 Å². The Morgan fingerprint density at radius 1 is 0.686 bits per heavy atom. The van der Waals surface area contributed by atoms with Gasteiger partial charge in [-0.2, -0.15) is 0 Å². The second-order valence-corrected chi connectivity index (χ2v) is 8.02. The molecule has 0 N–H and O–H groups in total. The third-order valence-corrected chi connectivity index (χ3v) is 5.83. The molecule has 1 aliphatic heterocycles. The summed E-state index contributed by atoms with van der Waals surface area (Å²) in [5.41, 5.74) is 2.96. The van der Waals surface area contributed by atoms with Crippen LogP contribution < -0.4 is 9.47 Å². The van der Waals surface area contributed by atoms with Crippen molar-refractivity contribution in [1.82, 2.24) is 0 Å². The topological polar surface area (TPSA) is 52.6 Å². The molecule has 0 radical (unpaired) electrons. The molecule has 4 heteroatoms. The summed E-state index contributed by atoms with van der Waals surface area (Å²) in [7, 11) is 1.58. The summed E-state index contributed by atoms with van der Waals surface area (Å²) in [5.74, 6) is 0.979. The molecule has 0 saturated heterocycles. The second kappa shape index (κ2) is 9.65. The lowest BCUT2D eigenvalue weighted by Gasteiger charge is -2.23. The summed E-state index contributed by atoms with van der Waals surface area (Å²) in [6.07, 6.45) is 1.78. The van der Waals surface area contributed by atoms with Gasteiger partial charge in [-0.15, -0.1) is 0 Å². The van der Waals surface area contributed by atoms with E-state index < -0.39 is 0 Å². The van der Waals surface area contributed by atoms with Crippen molar-refractivity contribution in [2.75, 3.05) is 7.11 Å². The van der Waals surface area contributed by atoms with E-state index in [0.29, 0.717) is 39.5 Å². The fraction of sp³-hybridized carbons (Fsp3) is 0.0323. The van der Waals surface area contributed by atoms with Gasteiger partial charge < -0.3 is 9.47 Å². The van der Waals surface area contributed by atoms with Crippen molar-refractivity contribution >= 4 is 22.9 Å². The molecule has 0 fully saturated rings. The molecule has 0 spiro atoms. The number of hydrogen-bond acceptors (Lipinski definition) is 4. The van der Waals surface area contributed by atoms with Crippen molar-refractivity contribution in [1.29, 1.82) is 0 Å². The SMILES string of the molecule is COc1ccc2c(c1)OC(c1ccccc1)=CC2=C(C(=O)c1ccccc1)C(=O)c1ccccc1. The van der Waals surface area contributed by atoms with Gasteiger partial charge in [0, 0.05) is 33.9 Å². The number of methoxy groups -OCH3 is 1. The van der Waals surface area contributed by atoms with E-state index in [1.807, 2.05) is 48.5 Å². The Bertz CT molecular complexity index is 1400. The molecule has 4 aromatic carbocycles. The van der Waals surface area contributed by atoms with E-state index >= 15 is 0 Å². The first kappa shape index (κ1) is 22.1. The van der Waals surface area contributed by atoms with Crippen LogP contribution in [0.2, 0.25) is 0 Å². The zero-order valence-electron chi connectivity index (χ0n) is 19.1. The first-order valence-electron chi connectivity index (χ1n) is 11.2. The highest BCUT2D eigenvalue weighted by Gasteiger charge is 2.29. The molecule has 0 unspecified atom stereocenters. The van der Waals surface area contributed by atoms with Crippen molar-refractivity contribution in [2.24, 2.45) is 0 Å². The van der Waals surface area contributed by atoms with Gasteiger partial charge >= 0.3 is 0 Å². The molecular formula is C31H22O4. The molecule has 1 heterocycles. The number of carbonyl (C=O) groups excluding carboxylic acids is 2. The lowest BCUT2D eigenvalue weighted by Crippen LogP contribution is -2.17. The van der Waals surface area contributed by atoms with Gasteiger partial charge in [0.2, 0.25) is 0 Å². The number of rotatable bonds is 6. The average Bonchev–Trinajstić information content (AvgIpc) is 2.94. The minimum atomic E-state index is -0.346. The first-order valence-corrected chi connectivity index (χ1v) is 11.2. The Labute approximate surface area is 203 Å². The molecular weight excluding hydrogens is 436 g/mol. The van der Waals surface area contributed by atoms with Crippen LogP contribution in [0.1, 0.15) is 31.8 Å². The summed E-state index contributed by atoms with van der Waals surface area (Å²) in [4.78, 5) is 27.7. The van der Waals surface area contributed by atoms with Gasteiger partial charge in [-0.1, -0.05) is 91.0 Å². The van der Waals surface area contributed by atoms with Crippen LogP contribution >= 0.6 is 0 Å². The molecule has 4 aromatic rings. The van der Waals surface area contributed by atoms with Crippen LogP contribution in [0.25, 0.3) is 11.3 Å². The van der Waals surface area contributed by atoms with Crippen LogP contribution in [0.5, 0.6) is 11.5 Å². The largest absolute Gasteiger partial charge is 0.497 e. The molecule has 0 atom stereocenters. The van der Waals surface area contributed by atoms with E-state index in [9.17, 15) is 9.59 Å². The second-order valence-electron chi connectivity index (χ2n) is 8.02. The highest BCUT2D eigenvalue weighted by atomic mass is 16.5. The molecule has 0 saturated carbocycles. The lowest BCUT2D eigenvalue weighted by atomic mass is 9.86. The number of benzene rings is 4. The summed E-state index contributed by atoms with van der Waals surface area (Å²) >= 11 is 0. The molecule has 170 valence electrons. The van der Waals surface area contributed by atoms with Gasteiger partial charge in [0.1, 0.15) is 17.3 Å². The standard InChI is InChI=1S/C31H22O4/c1-34-24-17-18-25-26(20-27(35-28(25)19-24)21-11-5-2-6-12-21)29(30(32)22-13-7-3-8-14-22)31(33)23-15-9-4-10-16-23/h2-20H,1H3. The maximum atomic E-state index is 13.9. The Balaban J connectivity index is 1.80. The minimum absolute atomic E-state index is 0.0885. The van der Waals surface area contributed by atoms with Crippen LogP contribution in [-0.2, 0) is 0 Å². The van der Waals surface area contributed by atoms with Crippen LogP contribution in [0.15, 0.2) is 121 Å². The van der Waals surface area contributed by atoms with E-state index in [2.05, 4.69) is 0 Å². The monoisotopic (exact) mass is 458 g/mol. The van der Waals surface area contributed by atoms with E-state index in [1.165, 1.54) is 0 Å². The zero-order valence-corrected chi connectivity index (χ0v) is 19.1. The molecule has 0 bridgehead atoms. The third kappa shape index (κ3) is 4.42. The Morgan fingerprint density at radius 2 is 1.23 bits per heavy atom. The Morgan fingerprint density at radius 3 is 1.77 bits per heavy atom. The van der Waals surface area contributed by atoms with Crippen LogP contribution in [-0.4, -0.2) is 18.7 Å². The maximum absolute atomic E-state index is 13.9. The van der Waals surface area contributed by atoms with Crippen LogP contribution in [0.3, 0.4) is 0 Å². The summed E-state index contributed by atoms with van der Waals surface area (Å²) in [5, 5.41) is 0. The van der Waals surface area contributed by atoms with Gasteiger partial charge in [0.25, 0.3) is 0 Å². The first-order chi connectivity index (χ1) is 17.2. The highest BCUT2D eigenvalue weighted by molar-refractivity contribution is 6.35. The fourth-order valence-corrected chi connectivity index (χ4v) is 4.06. The molecule has 0 aromatic heterocycles. The van der Waals surface area contributed by atoms with E-state index in [-0.39, 0.29) is 17.1 Å². The number of hydrogen-bond donors (Lipinski definition) is 0. The van der Waals surface area contributed by atoms with Gasteiger partial charge in [-0.25, -0.2) is 0 Å². The van der Waals surface area contributed by atoms with E-state index in [4.69, 9.17) is 9.47 Å². The minimum Gasteiger partial charge on any atom is -0.497 e. The average molecular weight is 459 g/mol. The highest BCUT2D eigenvalue weighted by Crippen LogP contribution is 2.41. The number of fused-ring (bicyclic) bond motifs is 1. The van der Waals surface area contributed by atoms with Crippen molar-refractivity contribution in [2.45, 2.75) is 0 Å². The molecule has 0 aliphatic carbocycles. The van der Waals surface area contributed by atoms with Crippen LogP contribution in [0, 0.1) is 0 Å². The van der Waals surface area contributed by atoms with Crippen molar-refractivity contribution in [3.63, 3.8) is 0 Å². The molecule has 0 amide bonds. The summed E-state index contributed by atoms with van der Waals surface area (Å²) < 4.78 is 11.6. The number of carbonyl (C=O) groups is 2. The smallest absolute Gasteiger partial charge is 0.197 e. The molecule has 4 nitrogen and oxygen atoms in total. The number of ether oxygens (including phenoxy) is 2. The normalized spacial score (nSPS) is 12.1. The van der Waals surface area contributed by atoms with Gasteiger partial charge in [0.05, 0.1) is 12.7 Å². The Hall–Kier alpha value is -4.70. The van der Waals surface area contributed by atoms with Gasteiger partial charge in [-0.3, -0.25) is 9.59 Å². The van der Waals surface area contributed by atoms with Crippen molar-refractivity contribution in [3.05, 3.63) is 143 Å². The molecule has 35 heavy (non-hydrogen) atoms. The molecule has 5 rings (SSSR count). The van der Waals surface area contributed by atoms with Gasteiger partial charge in [-0.05, 0) is 18.2 Å². The fourth-order valence-electron chi connectivity index (χ4n) is 4.06. The third-order valence-electron chi connectivity index (χ3n) is 5.83. The summed E-state index contributed by atoms with van der Waals surface area (Å²) in [6.45, 7) is 0. The maximum Gasteiger partial charge on any atom is 0.197 e. The summed E-state index contributed by atoms with van der Waals surface area (Å²) in [6, 6.07) is 32.7. The predicted octanol–water partition coefficient (Wildman–Crippen LogP) is 6.65. The lowest BCUT2D eigenvalue weighted by molar-refractivity contribution is 0.0964. The molecule has 1 aliphatic rings. The van der Waals surface area contributed by atoms with Crippen LogP contribution in [0.4, 0.5) is 0 Å². The predicted molar refractivity (Wildman–Crippen MR) is 137 cm³/mol.